The summed E-state index contributed by atoms with van der Waals surface area (Å²) in [5, 5.41) is 7.57. The lowest BCUT2D eigenvalue weighted by molar-refractivity contribution is -0.127. The van der Waals surface area contributed by atoms with Crippen molar-refractivity contribution >= 4 is 23.5 Å². The number of carbonyl (C=O) groups excluding carboxylic acids is 3. The fourth-order valence-electron chi connectivity index (χ4n) is 5.09. The third-order valence-electron chi connectivity index (χ3n) is 6.97. The van der Waals surface area contributed by atoms with Crippen molar-refractivity contribution in [3.8, 4) is 5.75 Å². The minimum atomic E-state index is -1.25. The van der Waals surface area contributed by atoms with E-state index in [0.29, 0.717) is 18.0 Å². The number of hydrogen-bond acceptors (Lipinski definition) is 6. The number of benzene rings is 1. The molecule has 1 aromatic carbocycles. The second kappa shape index (κ2) is 11.1. The van der Waals surface area contributed by atoms with Crippen LogP contribution in [0.2, 0.25) is 0 Å². The van der Waals surface area contributed by atoms with E-state index in [0.717, 1.165) is 25.7 Å². The third kappa shape index (κ3) is 5.24. The van der Waals surface area contributed by atoms with E-state index in [2.05, 4.69) is 10.4 Å². The molecule has 2 amide bonds. The summed E-state index contributed by atoms with van der Waals surface area (Å²) in [6.45, 7) is 6.21. The van der Waals surface area contributed by atoms with Crippen LogP contribution in [0.3, 0.4) is 0 Å². The molecule has 2 aliphatic rings. The molecule has 1 aliphatic carbocycles. The first-order valence-corrected chi connectivity index (χ1v) is 13.0. The normalized spacial score (nSPS) is 20.8. The quantitative estimate of drug-likeness (QED) is 0.579. The first-order valence-electron chi connectivity index (χ1n) is 13.0. The minimum Gasteiger partial charge on any atom is -0.494 e. The summed E-state index contributed by atoms with van der Waals surface area (Å²) in [5.41, 5.74) is -0.388. The standard InChI is InChI=1S/C27H36N4O5/c1-4-35-21-15-13-20(14-16-21)31-24(32)23-17-22(25(33)36-5-2)29-30(23)18-27(31,3)26(34)28-19-11-9-7-6-8-10-12-19/h13-17,19H,4-12,18H2,1-3H3,(H,28,34). The summed E-state index contributed by atoms with van der Waals surface area (Å²) in [4.78, 5) is 41.6. The highest BCUT2D eigenvalue weighted by Gasteiger charge is 2.49. The Bertz CT molecular complexity index is 1090. The fourth-order valence-corrected chi connectivity index (χ4v) is 5.09. The van der Waals surface area contributed by atoms with Gasteiger partial charge in [0.1, 0.15) is 17.0 Å². The van der Waals surface area contributed by atoms with Gasteiger partial charge < -0.3 is 14.8 Å². The first kappa shape index (κ1) is 25.7. The summed E-state index contributed by atoms with van der Waals surface area (Å²) in [7, 11) is 0. The van der Waals surface area contributed by atoms with E-state index in [1.807, 2.05) is 6.92 Å². The van der Waals surface area contributed by atoms with Crippen LogP contribution in [0.15, 0.2) is 30.3 Å². The molecule has 9 heteroatoms. The SMILES string of the molecule is CCOC(=O)c1cc2n(n1)CC(C)(C(=O)NC1CCCCCCC1)N(c1ccc(OCC)cc1)C2=O. The van der Waals surface area contributed by atoms with Gasteiger partial charge in [0.05, 0.1) is 19.8 Å². The van der Waals surface area contributed by atoms with Crippen molar-refractivity contribution in [2.45, 2.75) is 83.8 Å². The second-order valence-electron chi connectivity index (χ2n) is 9.65. The number of rotatable bonds is 7. The number of esters is 1. The van der Waals surface area contributed by atoms with Gasteiger partial charge in [0, 0.05) is 17.8 Å². The zero-order valence-corrected chi connectivity index (χ0v) is 21.4. The van der Waals surface area contributed by atoms with Crippen LogP contribution in [0, 0.1) is 0 Å². The lowest BCUT2D eigenvalue weighted by Gasteiger charge is -2.43. The van der Waals surface area contributed by atoms with E-state index in [9.17, 15) is 14.4 Å². The molecule has 1 N–H and O–H groups in total. The number of anilines is 1. The predicted octanol–water partition coefficient (Wildman–Crippen LogP) is 4.11. The van der Waals surface area contributed by atoms with Gasteiger partial charge in [0.15, 0.2) is 5.69 Å². The lowest BCUT2D eigenvalue weighted by atomic mass is 9.91. The molecule has 1 aliphatic heterocycles. The van der Waals surface area contributed by atoms with Crippen LogP contribution >= 0.6 is 0 Å². The Hall–Kier alpha value is -3.36. The van der Waals surface area contributed by atoms with Crippen LogP contribution in [-0.4, -0.2) is 52.4 Å². The zero-order valence-electron chi connectivity index (χ0n) is 21.4. The number of aromatic nitrogens is 2. The Labute approximate surface area is 212 Å². The summed E-state index contributed by atoms with van der Waals surface area (Å²) in [6.07, 6.45) is 7.60. The maximum atomic E-state index is 13.9. The summed E-state index contributed by atoms with van der Waals surface area (Å²) < 4.78 is 12.1. The van der Waals surface area contributed by atoms with Gasteiger partial charge in [0.25, 0.3) is 5.91 Å². The molecule has 36 heavy (non-hydrogen) atoms. The molecular formula is C27H36N4O5. The van der Waals surface area contributed by atoms with Gasteiger partial charge in [-0.1, -0.05) is 32.1 Å². The Morgan fingerprint density at radius 3 is 2.36 bits per heavy atom. The molecule has 4 rings (SSSR count). The van der Waals surface area contributed by atoms with Crippen LogP contribution in [0.25, 0.3) is 0 Å². The summed E-state index contributed by atoms with van der Waals surface area (Å²) in [6, 6.07) is 8.64. The lowest BCUT2D eigenvalue weighted by Crippen LogP contribution is -2.65. The highest BCUT2D eigenvalue weighted by atomic mass is 16.5. The van der Waals surface area contributed by atoms with Crippen molar-refractivity contribution in [2.24, 2.45) is 0 Å². The van der Waals surface area contributed by atoms with Gasteiger partial charge in [-0.15, -0.1) is 0 Å². The van der Waals surface area contributed by atoms with Gasteiger partial charge in [-0.05, 0) is 57.9 Å². The minimum absolute atomic E-state index is 0.0523. The van der Waals surface area contributed by atoms with Crippen LogP contribution in [0.5, 0.6) is 5.75 Å². The number of fused-ring (bicyclic) bond motifs is 1. The molecule has 2 aromatic rings. The van der Waals surface area contributed by atoms with Crippen LogP contribution in [-0.2, 0) is 16.1 Å². The average Bonchev–Trinajstić information content (AvgIpc) is 3.26. The molecule has 194 valence electrons. The van der Waals surface area contributed by atoms with Crippen molar-refractivity contribution in [3.05, 3.63) is 41.7 Å². The van der Waals surface area contributed by atoms with Gasteiger partial charge in [0.2, 0.25) is 5.91 Å². The van der Waals surface area contributed by atoms with Gasteiger partial charge in [-0.25, -0.2) is 4.79 Å². The van der Waals surface area contributed by atoms with Crippen molar-refractivity contribution in [3.63, 3.8) is 0 Å². The van der Waals surface area contributed by atoms with Gasteiger partial charge in [-0.3, -0.25) is 19.2 Å². The molecular weight excluding hydrogens is 460 g/mol. The highest BCUT2D eigenvalue weighted by Crippen LogP contribution is 2.34. The van der Waals surface area contributed by atoms with E-state index in [-0.39, 0.29) is 36.5 Å². The molecule has 2 heterocycles. The van der Waals surface area contributed by atoms with Crippen molar-refractivity contribution in [2.75, 3.05) is 18.1 Å². The van der Waals surface area contributed by atoms with Crippen molar-refractivity contribution in [1.29, 1.82) is 0 Å². The summed E-state index contributed by atoms with van der Waals surface area (Å²) >= 11 is 0. The molecule has 1 aromatic heterocycles. The Morgan fingerprint density at radius 2 is 1.72 bits per heavy atom. The van der Waals surface area contributed by atoms with Crippen molar-refractivity contribution in [1.82, 2.24) is 15.1 Å². The van der Waals surface area contributed by atoms with E-state index < -0.39 is 17.4 Å². The number of ether oxygens (including phenoxy) is 2. The first-order chi connectivity index (χ1) is 17.4. The fraction of sp³-hybridized carbons (Fsp3) is 0.556. The monoisotopic (exact) mass is 496 g/mol. The van der Waals surface area contributed by atoms with E-state index in [4.69, 9.17) is 9.47 Å². The maximum absolute atomic E-state index is 13.9. The smallest absolute Gasteiger partial charge is 0.358 e. The number of nitrogens with one attached hydrogen (secondary N) is 1. The van der Waals surface area contributed by atoms with Crippen molar-refractivity contribution < 1.29 is 23.9 Å². The molecule has 0 radical (unpaired) electrons. The van der Waals surface area contributed by atoms with E-state index >= 15 is 0 Å². The number of carbonyl (C=O) groups is 3. The molecule has 1 unspecified atom stereocenters. The average molecular weight is 497 g/mol. The van der Waals surface area contributed by atoms with Gasteiger partial charge >= 0.3 is 5.97 Å². The predicted molar refractivity (Wildman–Crippen MR) is 135 cm³/mol. The van der Waals surface area contributed by atoms with Crippen LogP contribution in [0.1, 0.15) is 86.7 Å². The van der Waals surface area contributed by atoms with Crippen LogP contribution in [0.4, 0.5) is 5.69 Å². The van der Waals surface area contributed by atoms with E-state index in [1.54, 1.807) is 38.1 Å². The molecule has 0 bridgehead atoms. The summed E-state index contributed by atoms with van der Waals surface area (Å²) in [5.74, 6) is -0.542. The topological polar surface area (TPSA) is 103 Å². The molecule has 1 saturated carbocycles. The third-order valence-corrected chi connectivity index (χ3v) is 6.97. The van der Waals surface area contributed by atoms with E-state index in [1.165, 1.54) is 34.9 Å². The van der Waals surface area contributed by atoms with Crippen LogP contribution < -0.4 is 15.0 Å². The van der Waals surface area contributed by atoms with Gasteiger partial charge in [-0.2, -0.15) is 5.10 Å². The largest absolute Gasteiger partial charge is 0.494 e. The maximum Gasteiger partial charge on any atom is 0.358 e. The highest BCUT2D eigenvalue weighted by molar-refractivity contribution is 6.12. The Kier molecular flexibility index (Phi) is 7.96. The number of hydrogen-bond donors (Lipinski definition) is 1. The molecule has 1 fully saturated rings. The number of nitrogens with zero attached hydrogens (tertiary/aromatic N) is 3. The molecule has 1 atom stereocenters. The molecule has 9 nitrogen and oxygen atoms in total. The molecule has 0 spiro atoms. The zero-order chi connectivity index (χ0) is 25.7. The molecule has 0 saturated heterocycles. The number of amides is 2. The Balaban J connectivity index is 1.70. The Morgan fingerprint density at radius 1 is 1.06 bits per heavy atom. The second-order valence-corrected chi connectivity index (χ2v) is 9.65.